The fourth-order valence-corrected chi connectivity index (χ4v) is 5.44. The number of carbonyl (C=O) groups is 1. The van der Waals surface area contributed by atoms with Gasteiger partial charge in [-0.05, 0) is 25.0 Å². The van der Waals surface area contributed by atoms with Crippen LogP contribution in [0.5, 0.6) is 0 Å². The maximum absolute atomic E-state index is 13.0. The van der Waals surface area contributed by atoms with Gasteiger partial charge in [0.15, 0.2) is 0 Å². The van der Waals surface area contributed by atoms with E-state index >= 15 is 0 Å². The van der Waals surface area contributed by atoms with E-state index in [4.69, 9.17) is 9.72 Å². The van der Waals surface area contributed by atoms with E-state index in [1.54, 1.807) is 23.7 Å². The number of ether oxygens (including phenoxy) is 1. The minimum Gasteiger partial charge on any atom is -0.381 e. The summed E-state index contributed by atoms with van der Waals surface area (Å²) in [4.78, 5) is 25.3. The molecule has 2 fully saturated rings. The molecule has 3 aliphatic rings. The Hall–Kier alpha value is -1.79. The Morgan fingerprint density at radius 3 is 2.72 bits per heavy atom. The zero-order valence-electron chi connectivity index (χ0n) is 14.1. The highest BCUT2D eigenvalue weighted by molar-refractivity contribution is 7.15. The van der Waals surface area contributed by atoms with Crippen LogP contribution in [-0.2, 0) is 22.4 Å². The number of rotatable bonds is 2. The van der Waals surface area contributed by atoms with Crippen molar-refractivity contribution in [1.82, 2.24) is 14.9 Å². The normalized spacial score (nSPS) is 28.0. The first kappa shape index (κ1) is 15.5. The van der Waals surface area contributed by atoms with Crippen LogP contribution in [0.2, 0.25) is 0 Å². The quantitative estimate of drug-likeness (QED) is 0.830. The number of hydrogen-bond acceptors (Lipinski definition) is 5. The molecule has 3 atom stereocenters. The van der Waals surface area contributed by atoms with Crippen molar-refractivity contribution in [1.29, 1.82) is 0 Å². The highest BCUT2D eigenvalue weighted by atomic mass is 32.1. The number of carbonyl (C=O) groups excluding carboxylic acids is 1. The van der Waals surface area contributed by atoms with Gasteiger partial charge in [0.05, 0.1) is 18.9 Å². The number of aryl methyl sites for hydroxylation is 1. The second-order valence-electron chi connectivity index (χ2n) is 7.37. The van der Waals surface area contributed by atoms with E-state index in [-0.39, 0.29) is 5.92 Å². The largest absolute Gasteiger partial charge is 0.381 e. The van der Waals surface area contributed by atoms with Gasteiger partial charge in [0.1, 0.15) is 5.01 Å². The molecule has 5 rings (SSSR count). The Balaban J connectivity index is 1.31. The molecule has 1 unspecified atom stereocenters. The number of likely N-dealkylation sites (tertiary alicyclic amines) is 1. The topological polar surface area (TPSA) is 55.3 Å². The van der Waals surface area contributed by atoms with Gasteiger partial charge in [-0.2, -0.15) is 0 Å². The van der Waals surface area contributed by atoms with Gasteiger partial charge in [-0.3, -0.25) is 9.78 Å². The van der Waals surface area contributed by atoms with Gasteiger partial charge < -0.3 is 9.64 Å². The number of thiazole rings is 1. The molecule has 130 valence electrons. The fraction of sp³-hybridized carbons (Fsp3) is 0.526. The first-order valence-electron chi connectivity index (χ1n) is 9.03. The maximum atomic E-state index is 13.0. The average molecular weight is 355 g/mol. The van der Waals surface area contributed by atoms with Gasteiger partial charge in [-0.1, -0.05) is 0 Å². The van der Waals surface area contributed by atoms with Crippen LogP contribution >= 0.6 is 11.3 Å². The smallest absolute Gasteiger partial charge is 0.226 e. The second kappa shape index (κ2) is 6.18. The molecule has 0 radical (unpaired) electrons. The van der Waals surface area contributed by atoms with Crippen molar-refractivity contribution < 1.29 is 9.53 Å². The summed E-state index contributed by atoms with van der Waals surface area (Å²) >= 11 is 1.77. The van der Waals surface area contributed by atoms with Crippen LogP contribution in [-0.4, -0.2) is 47.1 Å². The molecule has 2 aromatic rings. The minimum atomic E-state index is 0.0969. The zero-order valence-corrected chi connectivity index (χ0v) is 14.9. The molecule has 25 heavy (non-hydrogen) atoms. The van der Waals surface area contributed by atoms with Gasteiger partial charge in [-0.25, -0.2) is 4.98 Å². The van der Waals surface area contributed by atoms with Crippen molar-refractivity contribution >= 4 is 17.2 Å². The van der Waals surface area contributed by atoms with Crippen LogP contribution in [0.3, 0.4) is 0 Å². The summed E-state index contributed by atoms with van der Waals surface area (Å²) in [6, 6.07) is 4.00. The van der Waals surface area contributed by atoms with Crippen LogP contribution in [0.1, 0.15) is 17.0 Å². The second-order valence-corrected chi connectivity index (χ2v) is 8.45. The maximum Gasteiger partial charge on any atom is 0.226 e. The molecule has 1 amide bonds. The van der Waals surface area contributed by atoms with Crippen molar-refractivity contribution in [2.24, 2.45) is 17.8 Å². The number of pyridine rings is 1. The van der Waals surface area contributed by atoms with Crippen LogP contribution in [0.4, 0.5) is 0 Å². The Labute approximate surface area is 151 Å². The van der Waals surface area contributed by atoms with E-state index in [9.17, 15) is 4.79 Å². The third kappa shape index (κ3) is 2.77. The van der Waals surface area contributed by atoms with Gasteiger partial charge in [0, 0.05) is 60.1 Å². The van der Waals surface area contributed by atoms with Crippen molar-refractivity contribution in [3.63, 3.8) is 0 Å². The molecule has 0 bridgehead atoms. The van der Waals surface area contributed by atoms with Crippen LogP contribution < -0.4 is 0 Å². The van der Waals surface area contributed by atoms with E-state index in [0.29, 0.717) is 17.7 Å². The predicted molar refractivity (Wildman–Crippen MR) is 95.2 cm³/mol. The monoisotopic (exact) mass is 355 g/mol. The average Bonchev–Trinajstić information content (AvgIpc) is 3.35. The Kier molecular flexibility index (Phi) is 3.82. The lowest BCUT2D eigenvalue weighted by molar-refractivity contribution is -0.135. The summed E-state index contributed by atoms with van der Waals surface area (Å²) < 4.78 is 5.53. The molecule has 0 saturated carbocycles. The number of aromatic nitrogens is 2. The van der Waals surface area contributed by atoms with Crippen LogP contribution in [0.25, 0.3) is 10.6 Å². The van der Waals surface area contributed by atoms with Gasteiger partial charge in [0.25, 0.3) is 0 Å². The lowest BCUT2D eigenvalue weighted by Crippen LogP contribution is -2.37. The van der Waals surface area contributed by atoms with Gasteiger partial charge in [0.2, 0.25) is 5.91 Å². The predicted octanol–water partition coefficient (Wildman–Crippen LogP) is 2.41. The van der Waals surface area contributed by atoms with Gasteiger partial charge >= 0.3 is 0 Å². The SMILES string of the molecule is O=C(C1CCc2sc(-c3ccncc3)nc2C1)N1C[C@H]2COC[C@H]2C1. The third-order valence-electron chi connectivity index (χ3n) is 5.77. The minimum absolute atomic E-state index is 0.0969. The summed E-state index contributed by atoms with van der Waals surface area (Å²) in [6.07, 6.45) is 6.31. The van der Waals surface area contributed by atoms with E-state index < -0.39 is 0 Å². The molecule has 2 aromatic heterocycles. The van der Waals surface area contributed by atoms with Crippen molar-refractivity contribution in [2.75, 3.05) is 26.3 Å². The van der Waals surface area contributed by atoms with Crippen molar-refractivity contribution in [3.8, 4) is 10.6 Å². The van der Waals surface area contributed by atoms with Crippen molar-refractivity contribution in [3.05, 3.63) is 35.1 Å². The highest BCUT2D eigenvalue weighted by Gasteiger charge is 2.41. The number of hydrogen-bond donors (Lipinski definition) is 0. The molecule has 2 saturated heterocycles. The molecule has 2 aliphatic heterocycles. The first-order chi connectivity index (χ1) is 12.3. The molecule has 1 aliphatic carbocycles. The lowest BCUT2D eigenvalue weighted by atomic mass is 9.90. The molecule has 0 N–H and O–H groups in total. The number of fused-ring (bicyclic) bond motifs is 2. The number of nitrogens with zero attached hydrogens (tertiary/aromatic N) is 3. The molecule has 5 nitrogen and oxygen atoms in total. The lowest BCUT2D eigenvalue weighted by Gasteiger charge is -2.26. The van der Waals surface area contributed by atoms with E-state index in [1.165, 1.54) is 4.88 Å². The van der Waals surface area contributed by atoms with E-state index in [1.807, 2.05) is 12.1 Å². The Morgan fingerprint density at radius 2 is 1.96 bits per heavy atom. The fourth-order valence-electron chi connectivity index (χ4n) is 4.33. The Morgan fingerprint density at radius 1 is 1.20 bits per heavy atom. The third-order valence-corrected chi connectivity index (χ3v) is 6.97. The van der Waals surface area contributed by atoms with Crippen molar-refractivity contribution in [2.45, 2.75) is 19.3 Å². The molecule has 0 spiro atoms. The summed E-state index contributed by atoms with van der Waals surface area (Å²) in [7, 11) is 0. The summed E-state index contributed by atoms with van der Waals surface area (Å²) in [5.74, 6) is 1.54. The van der Waals surface area contributed by atoms with Gasteiger partial charge in [-0.15, -0.1) is 11.3 Å². The highest BCUT2D eigenvalue weighted by Crippen LogP contribution is 2.36. The summed E-state index contributed by atoms with van der Waals surface area (Å²) in [5, 5.41) is 1.05. The zero-order chi connectivity index (χ0) is 16.8. The van der Waals surface area contributed by atoms with E-state index in [0.717, 1.165) is 61.8 Å². The molecule has 0 aromatic carbocycles. The Bertz CT molecular complexity index is 779. The van der Waals surface area contributed by atoms with Crippen LogP contribution in [0, 0.1) is 17.8 Å². The van der Waals surface area contributed by atoms with E-state index in [2.05, 4.69) is 9.88 Å². The number of amides is 1. The summed E-state index contributed by atoms with van der Waals surface area (Å²) in [5.41, 5.74) is 2.24. The molecule has 6 heteroatoms. The molecular formula is C19H21N3O2S. The van der Waals surface area contributed by atoms with Crippen LogP contribution in [0.15, 0.2) is 24.5 Å². The standard InChI is InChI=1S/C19H21N3O2S/c23-19(22-8-14-10-24-11-15(14)9-22)13-1-2-17-16(7-13)21-18(25-17)12-3-5-20-6-4-12/h3-6,13-15H,1-2,7-11H2/t13?,14-,15+. The first-order valence-corrected chi connectivity index (χ1v) is 9.85. The molecule has 4 heterocycles. The molecular weight excluding hydrogens is 334 g/mol. The summed E-state index contributed by atoms with van der Waals surface area (Å²) in [6.45, 7) is 3.41.